The van der Waals surface area contributed by atoms with Gasteiger partial charge in [-0.1, -0.05) is 18.2 Å². The number of halogens is 3. The normalized spacial score (nSPS) is 11.5. The summed E-state index contributed by atoms with van der Waals surface area (Å²) in [5.41, 5.74) is 3.25. The van der Waals surface area contributed by atoms with E-state index in [1.165, 1.54) is 12.1 Å². The van der Waals surface area contributed by atoms with E-state index in [9.17, 15) is 18.0 Å². The molecule has 6 nitrogen and oxygen atoms in total. The number of hydrogen-bond donors (Lipinski definition) is 2. The molecule has 0 saturated carbocycles. The van der Waals surface area contributed by atoms with E-state index < -0.39 is 17.8 Å². The molecule has 170 valence electrons. The number of nitrogens with one attached hydrogen (secondary N) is 2. The number of thiazole rings is 1. The molecule has 5 aromatic rings. The Hall–Kier alpha value is -4.18. The largest absolute Gasteiger partial charge is 0.416 e. The maximum absolute atomic E-state index is 12.9. The maximum Gasteiger partial charge on any atom is 0.416 e. The van der Waals surface area contributed by atoms with E-state index in [0.717, 1.165) is 39.6 Å². The summed E-state index contributed by atoms with van der Waals surface area (Å²) in [4.78, 5) is 21.1. The lowest BCUT2D eigenvalue weighted by Crippen LogP contribution is -2.19. The summed E-state index contributed by atoms with van der Waals surface area (Å²) in [5.74, 6) is 0. The van der Waals surface area contributed by atoms with Crippen molar-refractivity contribution in [3.05, 3.63) is 90.2 Å². The Balaban J connectivity index is 1.29. The molecule has 2 amide bonds. The fourth-order valence-electron chi connectivity index (χ4n) is 3.48. The average Bonchev–Trinajstić information content (AvgIpc) is 3.49. The van der Waals surface area contributed by atoms with Crippen molar-refractivity contribution in [3.63, 3.8) is 0 Å². The lowest BCUT2D eigenvalue weighted by molar-refractivity contribution is -0.137. The summed E-state index contributed by atoms with van der Waals surface area (Å²) < 4.78 is 40.5. The van der Waals surface area contributed by atoms with Crippen molar-refractivity contribution >= 4 is 34.4 Å². The van der Waals surface area contributed by atoms with Crippen LogP contribution in [0.2, 0.25) is 0 Å². The van der Waals surface area contributed by atoms with Gasteiger partial charge >= 0.3 is 12.2 Å². The molecule has 3 aromatic heterocycles. The number of rotatable bonds is 4. The Morgan fingerprint density at radius 3 is 2.44 bits per heavy atom. The van der Waals surface area contributed by atoms with Crippen LogP contribution in [-0.2, 0) is 6.18 Å². The zero-order valence-corrected chi connectivity index (χ0v) is 18.2. The van der Waals surface area contributed by atoms with Crippen LogP contribution in [0.3, 0.4) is 0 Å². The predicted octanol–water partition coefficient (Wildman–Crippen LogP) is 6.79. The first-order chi connectivity index (χ1) is 16.4. The molecule has 0 atom stereocenters. The fourth-order valence-corrected chi connectivity index (χ4v) is 4.12. The maximum atomic E-state index is 12.9. The van der Waals surface area contributed by atoms with E-state index in [-0.39, 0.29) is 5.69 Å². The number of aromatic nitrogens is 3. The molecular weight excluding hydrogens is 463 g/mol. The van der Waals surface area contributed by atoms with Gasteiger partial charge in [0.1, 0.15) is 10.7 Å². The van der Waals surface area contributed by atoms with Crippen molar-refractivity contribution in [1.82, 2.24) is 14.4 Å². The number of nitrogens with zero attached hydrogens (tertiary/aromatic N) is 3. The molecule has 0 spiro atoms. The molecule has 0 saturated heterocycles. The van der Waals surface area contributed by atoms with E-state index in [1.54, 1.807) is 35.9 Å². The van der Waals surface area contributed by atoms with Gasteiger partial charge in [-0.25, -0.2) is 14.8 Å². The number of amides is 2. The van der Waals surface area contributed by atoms with Crippen LogP contribution in [0.5, 0.6) is 0 Å². The Kier molecular flexibility index (Phi) is 5.50. The second-order valence-corrected chi connectivity index (χ2v) is 8.25. The smallest absolute Gasteiger partial charge is 0.308 e. The van der Waals surface area contributed by atoms with E-state index in [0.29, 0.717) is 5.69 Å². The molecule has 0 unspecified atom stereocenters. The summed E-state index contributed by atoms with van der Waals surface area (Å²) >= 11 is 1.56. The molecule has 0 aliphatic rings. The minimum atomic E-state index is -4.48. The lowest BCUT2D eigenvalue weighted by Gasteiger charge is -2.11. The van der Waals surface area contributed by atoms with Crippen molar-refractivity contribution in [1.29, 1.82) is 0 Å². The first-order valence-electron chi connectivity index (χ1n) is 10.1. The van der Waals surface area contributed by atoms with Gasteiger partial charge in [0.2, 0.25) is 0 Å². The van der Waals surface area contributed by atoms with Crippen molar-refractivity contribution in [3.8, 4) is 21.8 Å². The molecule has 0 radical (unpaired) electrons. The van der Waals surface area contributed by atoms with Crippen molar-refractivity contribution in [2.24, 2.45) is 0 Å². The molecular formula is C24H16F3N5OS. The summed E-state index contributed by atoms with van der Waals surface area (Å²) in [6.07, 6.45) is 0.980. The number of urea groups is 1. The van der Waals surface area contributed by atoms with Crippen LogP contribution < -0.4 is 10.6 Å². The monoisotopic (exact) mass is 479 g/mol. The standard InChI is InChI=1S/C24H16F3N5OS/c25-24(26,27)17-2-1-3-19(13-17)31-23(33)30-18-6-4-15(5-7-18)20-14-29-21-12-16(8-10-32(20)21)22-28-9-11-34-22/h1-14H,(H2,30,31,33). The molecule has 0 aliphatic heterocycles. The molecule has 10 heteroatoms. The summed E-state index contributed by atoms with van der Waals surface area (Å²) in [7, 11) is 0. The second-order valence-electron chi connectivity index (χ2n) is 7.36. The van der Waals surface area contributed by atoms with Crippen molar-refractivity contribution < 1.29 is 18.0 Å². The van der Waals surface area contributed by atoms with E-state index >= 15 is 0 Å². The highest BCUT2D eigenvalue weighted by atomic mass is 32.1. The Bertz CT molecular complexity index is 1460. The van der Waals surface area contributed by atoms with Gasteiger partial charge in [-0.3, -0.25) is 4.40 Å². The minimum absolute atomic E-state index is 0.0480. The van der Waals surface area contributed by atoms with Crippen LogP contribution in [-0.4, -0.2) is 20.4 Å². The molecule has 5 rings (SSSR count). The third-order valence-corrected chi connectivity index (χ3v) is 5.90. The third kappa shape index (κ3) is 4.48. The molecule has 2 N–H and O–H groups in total. The van der Waals surface area contributed by atoms with Crippen LogP contribution in [0, 0.1) is 0 Å². The Labute approximate surface area is 195 Å². The highest BCUT2D eigenvalue weighted by Crippen LogP contribution is 2.31. The number of alkyl halides is 3. The number of carbonyl (C=O) groups is 1. The van der Waals surface area contributed by atoms with Gasteiger partial charge in [0.05, 0.1) is 17.5 Å². The van der Waals surface area contributed by atoms with Crippen molar-refractivity contribution in [2.75, 3.05) is 10.6 Å². The molecule has 3 heterocycles. The zero-order chi connectivity index (χ0) is 23.7. The average molecular weight is 479 g/mol. The molecule has 0 fully saturated rings. The van der Waals surface area contributed by atoms with E-state index in [1.807, 2.05) is 40.2 Å². The number of carbonyl (C=O) groups excluding carboxylic acids is 1. The van der Waals surface area contributed by atoms with Gasteiger partial charge in [0.15, 0.2) is 0 Å². The minimum Gasteiger partial charge on any atom is -0.308 e. The summed E-state index contributed by atoms with van der Waals surface area (Å²) in [6.45, 7) is 0. The van der Waals surface area contributed by atoms with Gasteiger partial charge in [-0.2, -0.15) is 13.2 Å². The number of anilines is 2. The van der Waals surface area contributed by atoms with Gasteiger partial charge in [-0.15, -0.1) is 11.3 Å². The van der Waals surface area contributed by atoms with Gasteiger partial charge < -0.3 is 10.6 Å². The van der Waals surface area contributed by atoms with E-state index in [4.69, 9.17) is 0 Å². The molecule has 34 heavy (non-hydrogen) atoms. The number of benzene rings is 2. The van der Waals surface area contributed by atoms with Gasteiger partial charge in [0, 0.05) is 40.3 Å². The quantitative estimate of drug-likeness (QED) is 0.298. The van der Waals surface area contributed by atoms with Crippen LogP contribution in [0.25, 0.3) is 27.5 Å². The molecule has 2 aromatic carbocycles. The first kappa shape index (κ1) is 21.7. The first-order valence-corrected chi connectivity index (χ1v) is 11.0. The highest BCUT2D eigenvalue weighted by molar-refractivity contribution is 7.13. The zero-order valence-electron chi connectivity index (χ0n) is 17.4. The molecule has 0 bridgehead atoms. The summed E-state index contributed by atoms with van der Waals surface area (Å²) in [5, 5.41) is 7.88. The van der Waals surface area contributed by atoms with Gasteiger partial charge in [0.25, 0.3) is 0 Å². The predicted molar refractivity (Wildman–Crippen MR) is 126 cm³/mol. The van der Waals surface area contributed by atoms with Crippen molar-refractivity contribution in [2.45, 2.75) is 6.18 Å². The number of pyridine rings is 1. The van der Waals surface area contributed by atoms with Crippen LogP contribution in [0.1, 0.15) is 5.56 Å². The second kappa shape index (κ2) is 8.64. The van der Waals surface area contributed by atoms with E-state index in [2.05, 4.69) is 20.6 Å². The number of fused-ring (bicyclic) bond motifs is 1. The number of hydrogen-bond acceptors (Lipinski definition) is 4. The molecule has 0 aliphatic carbocycles. The third-order valence-electron chi connectivity index (χ3n) is 5.08. The fraction of sp³-hybridized carbons (Fsp3) is 0.0417. The van der Waals surface area contributed by atoms with Gasteiger partial charge in [-0.05, 0) is 42.5 Å². The van der Waals surface area contributed by atoms with Crippen LogP contribution in [0.15, 0.2) is 84.6 Å². The Morgan fingerprint density at radius 2 is 1.71 bits per heavy atom. The summed E-state index contributed by atoms with van der Waals surface area (Å²) in [6, 6.07) is 14.9. The number of imidazole rings is 1. The Morgan fingerprint density at radius 1 is 0.912 bits per heavy atom. The highest BCUT2D eigenvalue weighted by Gasteiger charge is 2.30. The van der Waals surface area contributed by atoms with Crippen LogP contribution in [0.4, 0.5) is 29.3 Å². The lowest BCUT2D eigenvalue weighted by atomic mass is 10.1. The topological polar surface area (TPSA) is 71.3 Å². The van der Waals surface area contributed by atoms with Crippen LogP contribution >= 0.6 is 11.3 Å². The SMILES string of the molecule is O=C(Nc1ccc(-c2cnc3cc(-c4nccs4)ccn23)cc1)Nc1cccc(C(F)(F)F)c1.